The largest absolute Gasteiger partial charge is 0.494 e. The number of hydrogen-bond acceptors (Lipinski definition) is 3. The van der Waals surface area contributed by atoms with E-state index < -0.39 is 0 Å². The van der Waals surface area contributed by atoms with Gasteiger partial charge in [0.15, 0.2) is 0 Å². The molecule has 100 valence electrons. The average Bonchev–Trinajstić information content (AvgIpc) is 2.73. The van der Waals surface area contributed by atoms with Crippen molar-refractivity contribution in [1.29, 1.82) is 0 Å². The van der Waals surface area contributed by atoms with Crippen molar-refractivity contribution in [1.82, 2.24) is 5.32 Å². The molecule has 2 unspecified atom stereocenters. The molecule has 0 saturated heterocycles. The van der Waals surface area contributed by atoms with Crippen LogP contribution in [0.1, 0.15) is 44.7 Å². The molecule has 1 aromatic carbocycles. The number of hydrogen-bond donors (Lipinski definition) is 1. The first-order valence-corrected chi connectivity index (χ1v) is 6.90. The summed E-state index contributed by atoms with van der Waals surface area (Å²) in [6, 6.07) is 6.42. The lowest BCUT2D eigenvalue weighted by atomic mass is 10.0. The predicted molar refractivity (Wildman–Crippen MR) is 73.4 cm³/mol. The van der Waals surface area contributed by atoms with Gasteiger partial charge in [-0.2, -0.15) is 0 Å². The second-order valence-electron chi connectivity index (χ2n) is 4.76. The Kier molecular flexibility index (Phi) is 4.48. The van der Waals surface area contributed by atoms with Crippen molar-refractivity contribution < 1.29 is 9.47 Å². The van der Waals surface area contributed by atoms with E-state index in [9.17, 15) is 0 Å². The summed E-state index contributed by atoms with van der Waals surface area (Å²) in [7, 11) is 1.99. The molecule has 0 saturated carbocycles. The first kappa shape index (κ1) is 13.2. The Morgan fingerprint density at radius 1 is 1.28 bits per heavy atom. The van der Waals surface area contributed by atoms with Crippen LogP contribution in [-0.4, -0.2) is 19.8 Å². The van der Waals surface area contributed by atoms with Gasteiger partial charge in [-0.3, -0.25) is 0 Å². The van der Waals surface area contributed by atoms with E-state index in [0.29, 0.717) is 0 Å². The molecule has 3 heteroatoms. The molecular formula is C15H23NO2. The van der Waals surface area contributed by atoms with Gasteiger partial charge < -0.3 is 14.8 Å². The minimum Gasteiger partial charge on any atom is -0.494 e. The van der Waals surface area contributed by atoms with Crippen LogP contribution in [0, 0.1) is 0 Å². The Labute approximate surface area is 109 Å². The molecule has 1 aromatic rings. The van der Waals surface area contributed by atoms with Crippen LogP contribution in [0.25, 0.3) is 0 Å². The summed E-state index contributed by atoms with van der Waals surface area (Å²) in [5.74, 6) is 1.94. The van der Waals surface area contributed by atoms with Crippen molar-refractivity contribution in [2.24, 2.45) is 0 Å². The summed E-state index contributed by atoms with van der Waals surface area (Å²) in [6.07, 6.45) is 3.49. The minimum atomic E-state index is 0.247. The number of benzene rings is 1. The van der Waals surface area contributed by atoms with Gasteiger partial charge in [-0.05, 0) is 38.1 Å². The molecule has 0 aromatic heterocycles. The van der Waals surface area contributed by atoms with Crippen LogP contribution >= 0.6 is 0 Å². The fraction of sp³-hybridized carbons (Fsp3) is 0.600. The highest BCUT2D eigenvalue weighted by atomic mass is 16.5. The second kappa shape index (κ2) is 6.10. The lowest BCUT2D eigenvalue weighted by molar-refractivity contribution is 0.182. The summed E-state index contributed by atoms with van der Waals surface area (Å²) in [6.45, 7) is 5.07. The van der Waals surface area contributed by atoms with E-state index in [-0.39, 0.29) is 12.1 Å². The number of fused-ring (bicyclic) bond motifs is 1. The number of ether oxygens (including phenoxy) is 2. The maximum atomic E-state index is 5.99. The van der Waals surface area contributed by atoms with Gasteiger partial charge >= 0.3 is 0 Å². The van der Waals surface area contributed by atoms with Gasteiger partial charge in [-0.15, -0.1) is 0 Å². The van der Waals surface area contributed by atoms with E-state index in [0.717, 1.165) is 37.4 Å². The predicted octanol–water partition coefficient (Wildman–Crippen LogP) is 3.30. The highest BCUT2D eigenvalue weighted by Crippen LogP contribution is 2.40. The Morgan fingerprint density at radius 2 is 2.11 bits per heavy atom. The van der Waals surface area contributed by atoms with Crippen molar-refractivity contribution in [2.45, 2.75) is 45.3 Å². The second-order valence-corrected chi connectivity index (χ2v) is 4.76. The van der Waals surface area contributed by atoms with Gasteiger partial charge in [0, 0.05) is 5.56 Å². The number of nitrogens with one attached hydrogen (secondary N) is 1. The van der Waals surface area contributed by atoms with E-state index in [1.165, 1.54) is 5.56 Å². The lowest BCUT2D eigenvalue weighted by Gasteiger charge is -2.17. The molecule has 0 aliphatic carbocycles. The van der Waals surface area contributed by atoms with Gasteiger partial charge in [-0.25, -0.2) is 0 Å². The molecule has 3 nitrogen and oxygen atoms in total. The Morgan fingerprint density at radius 3 is 2.78 bits per heavy atom. The normalized spacial score (nSPS) is 21.5. The Bertz CT molecular complexity index is 392. The van der Waals surface area contributed by atoms with Gasteiger partial charge in [0.1, 0.15) is 17.6 Å². The average molecular weight is 249 g/mol. The SMILES string of the molecule is CCCOc1ccc2c(c1)C(NC)C(CCC)O2. The standard InChI is InChI=1S/C15H23NO2/c1-4-6-14-15(16-3)12-10-11(17-9-5-2)7-8-13(12)18-14/h7-8,10,14-16H,4-6,9H2,1-3H3. The number of rotatable bonds is 6. The zero-order valence-electron chi connectivity index (χ0n) is 11.5. The molecule has 0 bridgehead atoms. The third-order valence-corrected chi connectivity index (χ3v) is 3.32. The summed E-state index contributed by atoms with van der Waals surface area (Å²) >= 11 is 0. The van der Waals surface area contributed by atoms with Gasteiger partial charge in [0.2, 0.25) is 0 Å². The summed E-state index contributed by atoms with van der Waals surface area (Å²) in [5.41, 5.74) is 1.23. The molecular weight excluding hydrogens is 226 g/mol. The van der Waals surface area contributed by atoms with Crippen molar-refractivity contribution in [2.75, 3.05) is 13.7 Å². The maximum absolute atomic E-state index is 5.99. The molecule has 0 fully saturated rings. The topological polar surface area (TPSA) is 30.5 Å². The fourth-order valence-corrected chi connectivity index (χ4v) is 2.47. The molecule has 0 radical (unpaired) electrons. The van der Waals surface area contributed by atoms with Crippen LogP contribution in [0.5, 0.6) is 11.5 Å². The molecule has 18 heavy (non-hydrogen) atoms. The van der Waals surface area contributed by atoms with Crippen molar-refractivity contribution in [3.63, 3.8) is 0 Å². The molecule has 1 aliphatic heterocycles. The van der Waals surface area contributed by atoms with E-state index in [1.807, 2.05) is 19.2 Å². The van der Waals surface area contributed by atoms with Crippen LogP contribution in [-0.2, 0) is 0 Å². The first-order valence-electron chi connectivity index (χ1n) is 6.90. The van der Waals surface area contributed by atoms with E-state index in [1.54, 1.807) is 0 Å². The van der Waals surface area contributed by atoms with Gasteiger partial charge in [0.05, 0.1) is 12.6 Å². The summed E-state index contributed by atoms with van der Waals surface area (Å²) in [4.78, 5) is 0. The minimum absolute atomic E-state index is 0.247. The van der Waals surface area contributed by atoms with Crippen LogP contribution in [0.3, 0.4) is 0 Å². The van der Waals surface area contributed by atoms with Crippen molar-refractivity contribution >= 4 is 0 Å². The quantitative estimate of drug-likeness (QED) is 0.839. The third kappa shape index (κ3) is 2.61. The molecule has 2 rings (SSSR count). The molecule has 0 amide bonds. The fourth-order valence-electron chi connectivity index (χ4n) is 2.47. The lowest BCUT2D eigenvalue weighted by Crippen LogP contribution is -2.28. The zero-order valence-corrected chi connectivity index (χ0v) is 11.5. The molecule has 0 spiro atoms. The Hall–Kier alpha value is -1.22. The van der Waals surface area contributed by atoms with Crippen LogP contribution < -0.4 is 14.8 Å². The van der Waals surface area contributed by atoms with E-state index in [4.69, 9.17) is 9.47 Å². The molecule has 1 N–H and O–H groups in total. The van der Waals surface area contributed by atoms with Gasteiger partial charge in [0.25, 0.3) is 0 Å². The summed E-state index contributed by atoms with van der Waals surface area (Å²) < 4.78 is 11.7. The van der Waals surface area contributed by atoms with Crippen LogP contribution in [0.2, 0.25) is 0 Å². The Balaban J connectivity index is 2.17. The smallest absolute Gasteiger partial charge is 0.125 e. The third-order valence-electron chi connectivity index (χ3n) is 3.32. The maximum Gasteiger partial charge on any atom is 0.125 e. The van der Waals surface area contributed by atoms with Crippen LogP contribution in [0.15, 0.2) is 18.2 Å². The van der Waals surface area contributed by atoms with Crippen LogP contribution in [0.4, 0.5) is 0 Å². The van der Waals surface area contributed by atoms with E-state index in [2.05, 4.69) is 25.2 Å². The zero-order chi connectivity index (χ0) is 13.0. The molecule has 1 aliphatic rings. The molecule has 2 atom stereocenters. The highest BCUT2D eigenvalue weighted by Gasteiger charge is 2.32. The van der Waals surface area contributed by atoms with Gasteiger partial charge in [-0.1, -0.05) is 20.3 Å². The summed E-state index contributed by atoms with van der Waals surface area (Å²) in [5, 5.41) is 3.36. The number of likely N-dealkylation sites (N-methyl/N-ethyl adjacent to an activating group) is 1. The van der Waals surface area contributed by atoms with Crippen molar-refractivity contribution in [3.8, 4) is 11.5 Å². The molecule has 1 heterocycles. The monoisotopic (exact) mass is 249 g/mol. The first-order chi connectivity index (χ1) is 8.80. The van der Waals surface area contributed by atoms with E-state index >= 15 is 0 Å². The van der Waals surface area contributed by atoms with Crippen molar-refractivity contribution in [3.05, 3.63) is 23.8 Å². The highest BCUT2D eigenvalue weighted by molar-refractivity contribution is 5.45.